The molecule has 1 fully saturated rings. The van der Waals surface area contributed by atoms with E-state index < -0.39 is 22.1 Å². The minimum absolute atomic E-state index is 0.0642. The van der Waals surface area contributed by atoms with Crippen molar-refractivity contribution in [1.82, 2.24) is 9.62 Å². The number of aliphatic carboxylic acids is 1. The van der Waals surface area contributed by atoms with Crippen molar-refractivity contribution in [2.24, 2.45) is 0 Å². The standard InChI is InChI=1S/C16H22N2O6S/c1-17-25(22,23)14-5-2-12(3-6-14)4-7-15(19)18-8-9-24-13(11-18)10-16(20)21/h2-3,5-6,13,17H,4,7-11H2,1H3,(H,20,21)/t13-/m1/s1. The number of benzene rings is 1. The highest BCUT2D eigenvalue weighted by molar-refractivity contribution is 7.89. The second-order valence-electron chi connectivity index (χ2n) is 5.78. The van der Waals surface area contributed by atoms with Crippen molar-refractivity contribution >= 4 is 21.9 Å². The van der Waals surface area contributed by atoms with Crippen LogP contribution in [0.5, 0.6) is 0 Å². The van der Waals surface area contributed by atoms with Crippen LogP contribution in [0.2, 0.25) is 0 Å². The zero-order valence-corrected chi connectivity index (χ0v) is 14.8. The molecule has 25 heavy (non-hydrogen) atoms. The highest BCUT2D eigenvalue weighted by Gasteiger charge is 2.25. The molecule has 0 unspecified atom stereocenters. The highest BCUT2D eigenvalue weighted by Crippen LogP contribution is 2.14. The number of aryl methyl sites for hydroxylation is 1. The van der Waals surface area contributed by atoms with Gasteiger partial charge in [-0.15, -0.1) is 0 Å². The zero-order valence-electron chi connectivity index (χ0n) is 14.0. The maximum atomic E-state index is 12.3. The molecule has 1 aromatic carbocycles. The van der Waals surface area contributed by atoms with E-state index in [1.165, 1.54) is 19.2 Å². The zero-order chi connectivity index (χ0) is 18.4. The number of hydrogen-bond acceptors (Lipinski definition) is 5. The molecule has 1 aliphatic heterocycles. The van der Waals surface area contributed by atoms with Gasteiger partial charge >= 0.3 is 5.97 Å². The van der Waals surface area contributed by atoms with Gasteiger partial charge in [0.25, 0.3) is 0 Å². The number of sulfonamides is 1. The predicted molar refractivity (Wildman–Crippen MR) is 89.6 cm³/mol. The fourth-order valence-electron chi connectivity index (χ4n) is 2.63. The third-order valence-corrected chi connectivity index (χ3v) is 5.45. The molecule has 0 bridgehead atoms. The summed E-state index contributed by atoms with van der Waals surface area (Å²) < 4.78 is 30.9. The van der Waals surface area contributed by atoms with E-state index in [-0.39, 0.29) is 30.2 Å². The molecular formula is C16H22N2O6S. The molecule has 2 N–H and O–H groups in total. The van der Waals surface area contributed by atoms with E-state index in [0.29, 0.717) is 19.6 Å². The average Bonchev–Trinajstić information content (AvgIpc) is 2.59. The summed E-state index contributed by atoms with van der Waals surface area (Å²) in [6, 6.07) is 6.38. The summed E-state index contributed by atoms with van der Waals surface area (Å²) in [7, 11) is -2.12. The van der Waals surface area contributed by atoms with Gasteiger partial charge in [-0.25, -0.2) is 13.1 Å². The van der Waals surface area contributed by atoms with Crippen LogP contribution in [0, 0.1) is 0 Å². The maximum Gasteiger partial charge on any atom is 0.306 e. The van der Waals surface area contributed by atoms with E-state index in [9.17, 15) is 18.0 Å². The van der Waals surface area contributed by atoms with Gasteiger partial charge in [-0.1, -0.05) is 12.1 Å². The van der Waals surface area contributed by atoms with Crippen LogP contribution in [-0.4, -0.2) is 63.1 Å². The van der Waals surface area contributed by atoms with Crippen molar-refractivity contribution in [3.8, 4) is 0 Å². The molecule has 138 valence electrons. The number of nitrogens with zero attached hydrogens (tertiary/aromatic N) is 1. The Morgan fingerprint density at radius 1 is 1.32 bits per heavy atom. The summed E-state index contributed by atoms with van der Waals surface area (Å²) in [6.45, 7) is 1.07. The quantitative estimate of drug-likeness (QED) is 0.710. The van der Waals surface area contributed by atoms with Gasteiger partial charge in [0.05, 0.1) is 24.0 Å². The summed E-state index contributed by atoms with van der Waals surface area (Å²) in [5, 5.41) is 8.81. The van der Waals surface area contributed by atoms with Gasteiger partial charge in [-0.2, -0.15) is 0 Å². The van der Waals surface area contributed by atoms with E-state index in [1.807, 2.05) is 0 Å². The minimum Gasteiger partial charge on any atom is -0.481 e. The first-order valence-electron chi connectivity index (χ1n) is 7.95. The van der Waals surface area contributed by atoms with Crippen LogP contribution in [0.15, 0.2) is 29.2 Å². The Balaban J connectivity index is 1.88. The molecule has 1 aliphatic rings. The second kappa shape index (κ2) is 8.41. The van der Waals surface area contributed by atoms with Crippen LogP contribution < -0.4 is 4.72 Å². The fraction of sp³-hybridized carbons (Fsp3) is 0.500. The van der Waals surface area contributed by atoms with Crippen molar-refractivity contribution in [1.29, 1.82) is 0 Å². The Bertz CT molecular complexity index is 717. The monoisotopic (exact) mass is 370 g/mol. The minimum atomic E-state index is -3.47. The van der Waals surface area contributed by atoms with Crippen LogP contribution in [0.3, 0.4) is 0 Å². The number of carboxylic acid groups (broad SMARTS) is 1. The number of carbonyl (C=O) groups is 2. The SMILES string of the molecule is CNS(=O)(=O)c1ccc(CCC(=O)N2CCO[C@H](CC(=O)O)C2)cc1. The Labute approximate surface area is 146 Å². The molecule has 1 atom stereocenters. The molecule has 1 saturated heterocycles. The van der Waals surface area contributed by atoms with Gasteiger partial charge < -0.3 is 14.7 Å². The Kier molecular flexibility index (Phi) is 6.51. The second-order valence-corrected chi connectivity index (χ2v) is 7.67. The molecule has 0 radical (unpaired) electrons. The Morgan fingerprint density at radius 3 is 2.60 bits per heavy atom. The Morgan fingerprint density at radius 2 is 2.00 bits per heavy atom. The number of carbonyl (C=O) groups excluding carboxylic acids is 1. The largest absolute Gasteiger partial charge is 0.481 e. The molecule has 0 spiro atoms. The number of rotatable bonds is 7. The number of hydrogen-bond donors (Lipinski definition) is 2. The van der Waals surface area contributed by atoms with Gasteiger partial charge in [0.2, 0.25) is 15.9 Å². The van der Waals surface area contributed by atoms with Crippen LogP contribution in [-0.2, 0) is 30.8 Å². The first-order valence-corrected chi connectivity index (χ1v) is 9.44. The number of amides is 1. The molecule has 8 nitrogen and oxygen atoms in total. The van der Waals surface area contributed by atoms with E-state index in [4.69, 9.17) is 9.84 Å². The lowest BCUT2D eigenvalue weighted by Crippen LogP contribution is -2.46. The molecule has 1 heterocycles. The molecule has 0 aliphatic carbocycles. The topological polar surface area (TPSA) is 113 Å². The summed E-state index contributed by atoms with van der Waals surface area (Å²) in [6.07, 6.45) is 0.171. The van der Waals surface area contributed by atoms with Crippen molar-refractivity contribution < 1.29 is 27.9 Å². The molecule has 2 rings (SSSR count). The first-order chi connectivity index (χ1) is 11.8. The summed E-state index contributed by atoms with van der Waals surface area (Å²) in [4.78, 5) is 24.8. The number of carboxylic acids is 1. The van der Waals surface area contributed by atoms with Crippen molar-refractivity contribution in [3.63, 3.8) is 0 Å². The van der Waals surface area contributed by atoms with Gasteiger partial charge in [-0.05, 0) is 31.2 Å². The first kappa shape index (κ1) is 19.4. The van der Waals surface area contributed by atoms with Gasteiger partial charge in [0.15, 0.2) is 0 Å². The summed E-state index contributed by atoms with van der Waals surface area (Å²) in [5.74, 6) is -1.01. The molecule has 9 heteroatoms. The molecule has 1 aromatic rings. The highest BCUT2D eigenvalue weighted by atomic mass is 32.2. The smallest absolute Gasteiger partial charge is 0.306 e. The van der Waals surface area contributed by atoms with Crippen LogP contribution in [0.4, 0.5) is 0 Å². The average molecular weight is 370 g/mol. The summed E-state index contributed by atoms with van der Waals surface area (Å²) >= 11 is 0. The fourth-order valence-corrected chi connectivity index (χ4v) is 3.36. The predicted octanol–water partition coefficient (Wildman–Crippen LogP) is 0.229. The van der Waals surface area contributed by atoms with Gasteiger partial charge in [-0.3, -0.25) is 9.59 Å². The molecule has 0 saturated carbocycles. The normalized spacial score (nSPS) is 18.1. The van der Waals surface area contributed by atoms with Gasteiger partial charge in [0, 0.05) is 19.5 Å². The van der Waals surface area contributed by atoms with E-state index in [0.717, 1.165) is 5.56 Å². The van der Waals surface area contributed by atoms with Crippen molar-refractivity contribution in [2.45, 2.75) is 30.3 Å². The maximum absolute atomic E-state index is 12.3. The van der Waals surface area contributed by atoms with Crippen LogP contribution in [0.1, 0.15) is 18.4 Å². The van der Waals surface area contributed by atoms with Crippen LogP contribution in [0.25, 0.3) is 0 Å². The molecule has 1 amide bonds. The van der Waals surface area contributed by atoms with E-state index >= 15 is 0 Å². The van der Waals surface area contributed by atoms with Gasteiger partial charge in [0.1, 0.15) is 0 Å². The Hall–Kier alpha value is -1.97. The number of morpholine rings is 1. The molecule has 0 aromatic heterocycles. The lowest BCUT2D eigenvalue weighted by molar-refractivity contribution is -0.147. The molecular weight excluding hydrogens is 348 g/mol. The lowest BCUT2D eigenvalue weighted by atomic mass is 10.1. The lowest BCUT2D eigenvalue weighted by Gasteiger charge is -2.32. The van der Waals surface area contributed by atoms with E-state index in [2.05, 4.69) is 4.72 Å². The van der Waals surface area contributed by atoms with Crippen molar-refractivity contribution in [2.75, 3.05) is 26.7 Å². The third-order valence-electron chi connectivity index (χ3n) is 4.02. The third kappa shape index (κ3) is 5.52. The number of nitrogens with one attached hydrogen (secondary N) is 1. The summed E-state index contributed by atoms with van der Waals surface area (Å²) in [5.41, 5.74) is 0.860. The van der Waals surface area contributed by atoms with E-state index in [1.54, 1.807) is 17.0 Å². The number of ether oxygens (including phenoxy) is 1. The van der Waals surface area contributed by atoms with Crippen molar-refractivity contribution in [3.05, 3.63) is 29.8 Å². The van der Waals surface area contributed by atoms with Crippen LogP contribution >= 0.6 is 0 Å².